The second kappa shape index (κ2) is 4.30. The Bertz CT molecular complexity index is 790. The van der Waals surface area contributed by atoms with Crippen molar-refractivity contribution in [2.75, 3.05) is 5.73 Å². The molecule has 0 amide bonds. The molecule has 1 aliphatic carbocycles. The van der Waals surface area contributed by atoms with E-state index in [1.54, 1.807) is 0 Å². The summed E-state index contributed by atoms with van der Waals surface area (Å²) >= 11 is 0. The number of imidazole rings is 1. The Labute approximate surface area is 116 Å². The van der Waals surface area contributed by atoms with Gasteiger partial charge < -0.3 is 10.7 Å². The van der Waals surface area contributed by atoms with Crippen LogP contribution in [0.15, 0.2) is 24.5 Å². The molecule has 1 aromatic carbocycles. The Morgan fingerprint density at radius 2 is 2.00 bits per heavy atom. The molecule has 3 N–H and O–H groups in total. The summed E-state index contributed by atoms with van der Waals surface area (Å²) in [5, 5.41) is 0. The fraction of sp³-hybridized carbons (Fsp3) is 0.267. The minimum Gasteiger partial charge on any atom is -0.382 e. The predicted octanol–water partition coefficient (Wildman–Crippen LogP) is 2.48. The van der Waals surface area contributed by atoms with Crippen LogP contribution in [0.3, 0.4) is 0 Å². The Morgan fingerprint density at radius 1 is 1.10 bits per heavy atom. The molecule has 0 aliphatic heterocycles. The molecular formula is C15H15N5. The van der Waals surface area contributed by atoms with Crippen LogP contribution in [0.2, 0.25) is 0 Å². The maximum Gasteiger partial charge on any atom is 0.183 e. The highest BCUT2D eigenvalue weighted by atomic mass is 15.0. The zero-order valence-electron chi connectivity index (χ0n) is 11.1. The number of benzene rings is 1. The monoisotopic (exact) mass is 265 g/mol. The quantitative estimate of drug-likeness (QED) is 0.708. The summed E-state index contributed by atoms with van der Waals surface area (Å²) in [6.07, 6.45) is 6.24. The van der Waals surface area contributed by atoms with Crippen LogP contribution in [0.5, 0.6) is 0 Å². The number of nitrogens with one attached hydrogen (secondary N) is 1. The first-order valence-electron chi connectivity index (χ1n) is 6.90. The highest BCUT2D eigenvalue weighted by Crippen LogP contribution is 2.31. The van der Waals surface area contributed by atoms with E-state index in [1.165, 1.54) is 35.9 Å². The standard InChI is InChI=1S/C15H15N5/c16-13-12-15(18-8-17-13)20-14(19-12)11-7-3-5-9-4-1-2-6-10(9)11/h3,5,7-8H,1-2,4,6H2,(H3,16,17,18,19,20). The summed E-state index contributed by atoms with van der Waals surface area (Å²) in [5.74, 6) is 1.28. The van der Waals surface area contributed by atoms with E-state index >= 15 is 0 Å². The van der Waals surface area contributed by atoms with E-state index in [4.69, 9.17) is 5.73 Å². The van der Waals surface area contributed by atoms with Gasteiger partial charge in [-0.2, -0.15) is 0 Å². The van der Waals surface area contributed by atoms with Crippen LogP contribution in [0.25, 0.3) is 22.6 Å². The molecule has 2 heterocycles. The van der Waals surface area contributed by atoms with E-state index in [-0.39, 0.29) is 0 Å². The van der Waals surface area contributed by atoms with Gasteiger partial charge in [-0.05, 0) is 36.8 Å². The number of nitrogens with zero attached hydrogens (tertiary/aromatic N) is 3. The van der Waals surface area contributed by atoms with Crippen LogP contribution in [0.4, 0.5) is 5.82 Å². The molecule has 0 bridgehead atoms. The third-order valence-corrected chi connectivity index (χ3v) is 3.97. The Morgan fingerprint density at radius 3 is 2.90 bits per heavy atom. The summed E-state index contributed by atoms with van der Waals surface area (Å²) in [4.78, 5) is 16.0. The first-order chi connectivity index (χ1) is 9.83. The molecule has 0 spiro atoms. The second-order valence-corrected chi connectivity index (χ2v) is 5.19. The first-order valence-corrected chi connectivity index (χ1v) is 6.90. The summed E-state index contributed by atoms with van der Waals surface area (Å²) in [6.45, 7) is 0. The third-order valence-electron chi connectivity index (χ3n) is 3.97. The van der Waals surface area contributed by atoms with Crippen molar-refractivity contribution in [2.24, 2.45) is 0 Å². The van der Waals surface area contributed by atoms with Gasteiger partial charge in [-0.1, -0.05) is 18.2 Å². The fourth-order valence-electron chi connectivity index (χ4n) is 2.98. The molecule has 4 rings (SSSR count). The van der Waals surface area contributed by atoms with Gasteiger partial charge in [0, 0.05) is 5.56 Å². The van der Waals surface area contributed by atoms with Crippen LogP contribution in [-0.4, -0.2) is 19.9 Å². The molecule has 100 valence electrons. The van der Waals surface area contributed by atoms with E-state index < -0.39 is 0 Å². The van der Waals surface area contributed by atoms with Crippen LogP contribution in [0.1, 0.15) is 24.0 Å². The van der Waals surface area contributed by atoms with Crippen molar-refractivity contribution in [3.8, 4) is 11.4 Å². The Kier molecular flexibility index (Phi) is 2.45. The number of hydrogen-bond acceptors (Lipinski definition) is 4. The van der Waals surface area contributed by atoms with Crippen molar-refractivity contribution in [2.45, 2.75) is 25.7 Å². The third kappa shape index (κ3) is 1.66. The largest absolute Gasteiger partial charge is 0.382 e. The van der Waals surface area contributed by atoms with Gasteiger partial charge in [0.1, 0.15) is 17.7 Å². The second-order valence-electron chi connectivity index (χ2n) is 5.19. The molecular weight excluding hydrogens is 250 g/mol. The highest BCUT2D eigenvalue weighted by molar-refractivity contribution is 5.84. The normalized spacial score (nSPS) is 14.4. The average Bonchev–Trinajstić information content (AvgIpc) is 2.92. The molecule has 2 aromatic heterocycles. The maximum absolute atomic E-state index is 5.86. The molecule has 1 aliphatic rings. The number of fused-ring (bicyclic) bond motifs is 2. The van der Waals surface area contributed by atoms with Gasteiger partial charge in [-0.15, -0.1) is 0 Å². The van der Waals surface area contributed by atoms with Crippen molar-refractivity contribution in [1.82, 2.24) is 19.9 Å². The molecule has 0 atom stereocenters. The van der Waals surface area contributed by atoms with Gasteiger partial charge in [-0.25, -0.2) is 15.0 Å². The lowest BCUT2D eigenvalue weighted by atomic mass is 9.88. The molecule has 0 saturated carbocycles. The number of nitrogen functional groups attached to an aromatic ring is 1. The molecule has 0 unspecified atom stereocenters. The van der Waals surface area contributed by atoms with Gasteiger partial charge in [0.15, 0.2) is 11.5 Å². The first kappa shape index (κ1) is 11.4. The summed E-state index contributed by atoms with van der Waals surface area (Å²) in [6, 6.07) is 6.43. The summed E-state index contributed by atoms with van der Waals surface area (Å²) in [5.41, 5.74) is 11.2. The average molecular weight is 265 g/mol. The fourth-order valence-corrected chi connectivity index (χ4v) is 2.98. The van der Waals surface area contributed by atoms with E-state index in [0.717, 1.165) is 24.2 Å². The SMILES string of the molecule is Nc1ncnc2nc(-c3cccc4c3CCCC4)[nH]c12. The molecule has 3 aromatic rings. The van der Waals surface area contributed by atoms with E-state index in [0.29, 0.717) is 11.5 Å². The number of aryl methyl sites for hydroxylation is 1. The number of H-pyrrole nitrogens is 1. The number of nitrogens with two attached hydrogens (primary N) is 1. The van der Waals surface area contributed by atoms with Crippen molar-refractivity contribution in [3.63, 3.8) is 0 Å². The number of aromatic nitrogens is 4. The van der Waals surface area contributed by atoms with Crippen LogP contribution < -0.4 is 5.73 Å². The summed E-state index contributed by atoms with van der Waals surface area (Å²) < 4.78 is 0. The zero-order valence-corrected chi connectivity index (χ0v) is 11.1. The molecule has 0 saturated heterocycles. The smallest absolute Gasteiger partial charge is 0.183 e. The van der Waals surface area contributed by atoms with Crippen molar-refractivity contribution in [3.05, 3.63) is 35.7 Å². The van der Waals surface area contributed by atoms with Crippen molar-refractivity contribution in [1.29, 1.82) is 0 Å². The van der Waals surface area contributed by atoms with Gasteiger partial charge in [0.25, 0.3) is 0 Å². The molecule has 0 fully saturated rings. The van der Waals surface area contributed by atoms with Crippen molar-refractivity contribution >= 4 is 17.0 Å². The predicted molar refractivity (Wildman–Crippen MR) is 78.2 cm³/mol. The van der Waals surface area contributed by atoms with Crippen LogP contribution in [0, 0.1) is 0 Å². The number of anilines is 1. The molecule has 5 nitrogen and oxygen atoms in total. The van der Waals surface area contributed by atoms with E-state index in [1.807, 2.05) is 0 Å². The molecule has 20 heavy (non-hydrogen) atoms. The lowest BCUT2D eigenvalue weighted by Crippen LogP contribution is -2.04. The van der Waals surface area contributed by atoms with Crippen LogP contribution >= 0.6 is 0 Å². The van der Waals surface area contributed by atoms with Gasteiger partial charge >= 0.3 is 0 Å². The van der Waals surface area contributed by atoms with Gasteiger partial charge in [-0.3, -0.25) is 0 Å². The maximum atomic E-state index is 5.86. The Hall–Kier alpha value is -2.43. The molecule has 0 radical (unpaired) electrons. The highest BCUT2D eigenvalue weighted by Gasteiger charge is 2.17. The number of rotatable bonds is 1. The van der Waals surface area contributed by atoms with Gasteiger partial charge in [0.2, 0.25) is 0 Å². The summed E-state index contributed by atoms with van der Waals surface area (Å²) in [7, 11) is 0. The topological polar surface area (TPSA) is 80.5 Å². The van der Waals surface area contributed by atoms with Gasteiger partial charge in [0.05, 0.1) is 0 Å². The Balaban J connectivity index is 1.93. The van der Waals surface area contributed by atoms with Crippen LogP contribution in [-0.2, 0) is 12.8 Å². The van der Waals surface area contributed by atoms with E-state index in [9.17, 15) is 0 Å². The molecule has 5 heteroatoms. The van der Waals surface area contributed by atoms with E-state index in [2.05, 4.69) is 38.1 Å². The lowest BCUT2D eigenvalue weighted by Gasteiger charge is -2.18. The zero-order chi connectivity index (χ0) is 13.5. The minimum atomic E-state index is 0.443. The lowest BCUT2D eigenvalue weighted by molar-refractivity contribution is 0.686. The number of aromatic amines is 1. The number of hydrogen-bond donors (Lipinski definition) is 2. The minimum absolute atomic E-state index is 0.443. The van der Waals surface area contributed by atoms with Crippen molar-refractivity contribution < 1.29 is 0 Å².